The van der Waals surface area contributed by atoms with Crippen LogP contribution in [0.3, 0.4) is 0 Å². The number of carbonyl (C=O) groups is 1. The number of nitrogens with zero attached hydrogens (tertiary/aromatic N) is 4. The number of hydrogen-bond acceptors (Lipinski definition) is 6. The van der Waals surface area contributed by atoms with E-state index >= 15 is 0 Å². The molecule has 1 fully saturated rings. The van der Waals surface area contributed by atoms with Crippen molar-refractivity contribution in [2.45, 2.75) is 0 Å². The van der Waals surface area contributed by atoms with Crippen LogP contribution in [0.1, 0.15) is 10.4 Å². The minimum absolute atomic E-state index is 0.240. The Morgan fingerprint density at radius 2 is 2.10 bits per heavy atom. The first-order chi connectivity index (χ1) is 15.1. The molecule has 1 aromatic carbocycles. The van der Waals surface area contributed by atoms with Gasteiger partial charge in [-0.05, 0) is 30.3 Å². The van der Waals surface area contributed by atoms with Gasteiger partial charge in [0.05, 0.1) is 35.7 Å². The predicted octanol–water partition coefficient (Wildman–Crippen LogP) is 3.10. The lowest BCUT2D eigenvalue weighted by Crippen LogP contribution is -2.38. The second-order valence-corrected chi connectivity index (χ2v) is 7.58. The van der Waals surface area contributed by atoms with E-state index in [1.54, 1.807) is 29.2 Å². The second kappa shape index (κ2) is 9.91. The van der Waals surface area contributed by atoms with Crippen LogP contribution in [-0.4, -0.2) is 65.0 Å². The number of benzene rings is 1. The molecule has 0 saturated carbocycles. The van der Waals surface area contributed by atoms with Crippen molar-refractivity contribution < 1.29 is 14.3 Å². The number of morpholine rings is 1. The summed E-state index contributed by atoms with van der Waals surface area (Å²) in [5.74, 6) is 0.439. The third kappa shape index (κ3) is 5.22. The van der Waals surface area contributed by atoms with Crippen molar-refractivity contribution in [2.75, 3.05) is 44.8 Å². The van der Waals surface area contributed by atoms with Gasteiger partial charge in [0.1, 0.15) is 12.4 Å². The van der Waals surface area contributed by atoms with Crippen LogP contribution < -0.4 is 10.1 Å². The van der Waals surface area contributed by atoms with E-state index in [-0.39, 0.29) is 5.91 Å². The van der Waals surface area contributed by atoms with Crippen molar-refractivity contribution in [3.8, 4) is 17.0 Å². The maximum atomic E-state index is 12.5. The minimum Gasteiger partial charge on any atom is -0.492 e. The molecule has 162 valence electrons. The van der Waals surface area contributed by atoms with Crippen LogP contribution in [0, 0.1) is 0 Å². The van der Waals surface area contributed by atoms with Gasteiger partial charge in [-0.2, -0.15) is 5.10 Å². The molecule has 1 N–H and O–H groups in total. The fourth-order valence-corrected chi connectivity index (χ4v) is 3.71. The number of hydrogen-bond donors (Lipinski definition) is 1. The Bertz CT molecular complexity index is 1020. The van der Waals surface area contributed by atoms with Crippen LogP contribution >= 0.6 is 11.6 Å². The molecular weight excluding hydrogens is 418 g/mol. The third-order valence-corrected chi connectivity index (χ3v) is 5.36. The Morgan fingerprint density at radius 3 is 2.81 bits per heavy atom. The maximum Gasteiger partial charge on any atom is 0.257 e. The molecule has 3 aromatic rings. The number of pyridine rings is 1. The molecule has 1 amide bonds. The van der Waals surface area contributed by atoms with Gasteiger partial charge in [0.2, 0.25) is 0 Å². The zero-order chi connectivity index (χ0) is 21.6. The largest absolute Gasteiger partial charge is 0.492 e. The molecule has 0 atom stereocenters. The number of aromatic nitrogens is 3. The van der Waals surface area contributed by atoms with Crippen LogP contribution in [0.5, 0.6) is 5.75 Å². The summed E-state index contributed by atoms with van der Waals surface area (Å²) in [6.45, 7) is 4.65. The summed E-state index contributed by atoms with van der Waals surface area (Å²) >= 11 is 6.40. The summed E-state index contributed by atoms with van der Waals surface area (Å²) in [5.41, 5.74) is 2.59. The summed E-state index contributed by atoms with van der Waals surface area (Å²) in [6.07, 6.45) is 4.75. The van der Waals surface area contributed by atoms with Gasteiger partial charge in [-0.25, -0.2) is 0 Å². The lowest BCUT2D eigenvalue weighted by molar-refractivity contribution is 0.0323. The highest BCUT2D eigenvalue weighted by atomic mass is 35.5. The topological polar surface area (TPSA) is 81.5 Å². The zero-order valence-electron chi connectivity index (χ0n) is 17.3. The maximum absolute atomic E-state index is 12.5. The fourth-order valence-electron chi connectivity index (χ4n) is 3.44. The van der Waals surface area contributed by atoms with Gasteiger partial charge in [0.15, 0.2) is 0 Å². The number of nitrogens with one attached hydrogen (secondary N) is 1. The van der Waals surface area contributed by atoms with E-state index < -0.39 is 0 Å². The first-order valence-corrected chi connectivity index (χ1v) is 10.5. The average Bonchev–Trinajstić information content (AvgIpc) is 3.13. The van der Waals surface area contributed by atoms with Crippen LogP contribution in [-0.2, 0) is 11.8 Å². The number of aryl methyl sites for hydroxylation is 1. The molecule has 0 unspecified atom stereocenters. The molecule has 3 heterocycles. The minimum atomic E-state index is -0.240. The molecule has 4 rings (SSSR count). The van der Waals surface area contributed by atoms with Gasteiger partial charge in [0, 0.05) is 50.3 Å². The van der Waals surface area contributed by atoms with Gasteiger partial charge in [-0.15, -0.1) is 0 Å². The number of carbonyl (C=O) groups excluding carboxylic acids is 1. The number of amides is 1. The summed E-state index contributed by atoms with van der Waals surface area (Å²) in [4.78, 5) is 18.8. The first kappa shape index (κ1) is 21.3. The van der Waals surface area contributed by atoms with Crippen molar-refractivity contribution in [3.63, 3.8) is 0 Å². The standard InChI is InChI=1S/C22H24ClN5O3/c1-27-21(19(23)15-25-27)18-13-17(26-22(29)16-3-2-6-24-14-16)4-5-20(18)31-12-9-28-7-10-30-11-8-28/h2-6,13-15H,7-12H2,1H3,(H,26,29). The smallest absolute Gasteiger partial charge is 0.257 e. The quantitative estimate of drug-likeness (QED) is 0.606. The Morgan fingerprint density at radius 1 is 1.26 bits per heavy atom. The molecule has 0 aliphatic carbocycles. The van der Waals surface area contributed by atoms with E-state index in [1.165, 1.54) is 6.20 Å². The van der Waals surface area contributed by atoms with Crippen LogP contribution in [0.15, 0.2) is 48.9 Å². The average molecular weight is 442 g/mol. The molecule has 0 bridgehead atoms. The zero-order valence-corrected chi connectivity index (χ0v) is 18.0. The molecule has 8 nitrogen and oxygen atoms in total. The van der Waals surface area contributed by atoms with Crippen molar-refractivity contribution in [2.24, 2.45) is 7.05 Å². The second-order valence-electron chi connectivity index (χ2n) is 7.17. The Hall–Kier alpha value is -2.94. The molecule has 2 aromatic heterocycles. The van der Waals surface area contributed by atoms with Crippen LogP contribution in [0.2, 0.25) is 5.02 Å². The summed E-state index contributed by atoms with van der Waals surface area (Å²) in [7, 11) is 1.82. The SMILES string of the molecule is Cn1ncc(Cl)c1-c1cc(NC(=O)c2cccnc2)ccc1OCCN1CCOCC1. The van der Waals surface area contributed by atoms with E-state index in [4.69, 9.17) is 21.1 Å². The molecular formula is C22H24ClN5O3. The van der Waals surface area contributed by atoms with E-state index in [9.17, 15) is 4.79 Å². The monoisotopic (exact) mass is 441 g/mol. The Kier molecular flexibility index (Phi) is 6.81. The van der Waals surface area contributed by atoms with Gasteiger partial charge < -0.3 is 14.8 Å². The number of rotatable bonds is 7. The molecule has 31 heavy (non-hydrogen) atoms. The van der Waals surface area contributed by atoms with E-state index in [2.05, 4.69) is 20.3 Å². The molecule has 9 heteroatoms. The highest BCUT2D eigenvalue weighted by Crippen LogP contribution is 2.36. The number of ether oxygens (including phenoxy) is 2. The first-order valence-electron chi connectivity index (χ1n) is 10.1. The van der Waals surface area contributed by atoms with Crippen LogP contribution in [0.4, 0.5) is 5.69 Å². The van der Waals surface area contributed by atoms with Gasteiger partial charge in [-0.1, -0.05) is 11.6 Å². The molecule has 1 aliphatic rings. The molecule has 0 radical (unpaired) electrons. The highest BCUT2D eigenvalue weighted by molar-refractivity contribution is 6.33. The summed E-state index contributed by atoms with van der Waals surface area (Å²) < 4.78 is 13.2. The molecule has 0 spiro atoms. The Balaban J connectivity index is 1.55. The Labute approximate surface area is 185 Å². The van der Waals surface area contributed by atoms with Gasteiger partial charge in [0.25, 0.3) is 5.91 Å². The van der Waals surface area contributed by atoms with E-state index in [0.717, 1.165) is 44.1 Å². The summed E-state index contributed by atoms with van der Waals surface area (Å²) in [6, 6.07) is 8.94. The predicted molar refractivity (Wildman–Crippen MR) is 119 cm³/mol. The van der Waals surface area contributed by atoms with Gasteiger partial charge >= 0.3 is 0 Å². The highest BCUT2D eigenvalue weighted by Gasteiger charge is 2.17. The van der Waals surface area contributed by atoms with Gasteiger partial charge in [-0.3, -0.25) is 19.4 Å². The van der Waals surface area contributed by atoms with Crippen molar-refractivity contribution in [3.05, 3.63) is 59.5 Å². The van der Waals surface area contributed by atoms with E-state index in [0.29, 0.717) is 28.6 Å². The van der Waals surface area contributed by atoms with Crippen molar-refractivity contribution in [1.82, 2.24) is 19.7 Å². The van der Waals surface area contributed by atoms with E-state index in [1.807, 2.05) is 25.2 Å². The van der Waals surface area contributed by atoms with Crippen molar-refractivity contribution >= 4 is 23.2 Å². The number of anilines is 1. The normalized spacial score (nSPS) is 14.4. The number of halogens is 1. The van der Waals surface area contributed by atoms with Crippen molar-refractivity contribution in [1.29, 1.82) is 0 Å². The third-order valence-electron chi connectivity index (χ3n) is 5.08. The fraction of sp³-hybridized carbons (Fsp3) is 0.318. The molecule has 1 aliphatic heterocycles. The molecule has 1 saturated heterocycles. The summed E-state index contributed by atoms with van der Waals surface area (Å²) in [5, 5.41) is 7.65. The van der Waals surface area contributed by atoms with Crippen LogP contribution in [0.25, 0.3) is 11.3 Å². The lowest BCUT2D eigenvalue weighted by Gasteiger charge is -2.26. The lowest BCUT2D eigenvalue weighted by atomic mass is 10.1.